The normalized spacial score (nSPS) is 43.3. The molecule has 120 valence electrons. The molecule has 0 aromatic rings. The van der Waals surface area contributed by atoms with Crippen molar-refractivity contribution < 1.29 is 14.5 Å². The third-order valence-corrected chi connectivity index (χ3v) is 7.22. The third-order valence-electron chi connectivity index (χ3n) is 7.22. The molecule has 6 aliphatic rings. The summed E-state index contributed by atoms with van der Waals surface area (Å²) in [6.07, 6.45) is 9.83. The van der Waals surface area contributed by atoms with Gasteiger partial charge >= 0.3 is 6.35 Å². The van der Waals surface area contributed by atoms with Gasteiger partial charge in [-0.05, 0) is 70.3 Å². The van der Waals surface area contributed by atoms with Crippen LogP contribution < -0.4 is 0 Å². The minimum atomic E-state index is -0.724. The maximum atomic E-state index is 10.3. The molecule has 4 saturated carbocycles. The van der Waals surface area contributed by atoms with Gasteiger partial charge in [-0.3, -0.25) is 4.74 Å². The standard InChI is InChI=1S/C17H26N3O2/c1-19-14(21)18-20-15(19)22-17(12-6-7-12,13-8-9-13)16(20,10-2-3-10)11-4-5-11/h10-15,21H,2-9H2,1H3/q+1. The van der Waals surface area contributed by atoms with Crippen molar-refractivity contribution >= 4 is 0 Å². The Bertz CT molecular complexity index is 536. The fraction of sp³-hybridized carbons (Fsp3) is 1.00. The summed E-state index contributed by atoms with van der Waals surface area (Å²) in [6.45, 7) is 0. The first-order chi connectivity index (χ1) is 10.7. The van der Waals surface area contributed by atoms with Gasteiger partial charge in [-0.2, -0.15) is 4.90 Å². The van der Waals surface area contributed by atoms with Crippen LogP contribution in [0.3, 0.4) is 0 Å². The largest absolute Gasteiger partial charge is 0.355 e. The molecule has 22 heavy (non-hydrogen) atoms. The summed E-state index contributed by atoms with van der Waals surface area (Å²) < 4.78 is 9.20. The highest BCUT2D eigenvalue weighted by Crippen LogP contribution is 2.72. The topological polar surface area (TPSA) is 48.1 Å². The van der Waals surface area contributed by atoms with Crippen LogP contribution in [0.15, 0.2) is 5.11 Å². The second-order valence-corrected chi connectivity index (χ2v) is 8.63. The van der Waals surface area contributed by atoms with E-state index >= 15 is 0 Å². The Balaban J connectivity index is 1.58. The number of hydrogen-bond donors (Lipinski definition) is 1. The molecule has 2 heterocycles. The third kappa shape index (κ3) is 1.30. The van der Waals surface area contributed by atoms with Gasteiger partial charge in [0.2, 0.25) is 5.54 Å². The highest BCUT2D eigenvalue weighted by molar-refractivity contribution is 5.25. The van der Waals surface area contributed by atoms with E-state index in [1.54, 1.807) is 0 Å². The van der Waals surface area contributed by atoms with Gasteiger partial charge in [0.05, 0.1) is 0 Å². The molecule has 0 aromatic carbocycles. The summed E-state index contributed by atoms with van der Waals surface area (Å²) >= 11 is 0. The van der Waals surface area contributed by atoms with Crippen LogP contribution in [0.1, 0.15) is 51.4 Å². The molecule has 5 nitrogen and oxygen atoms in total. The molecule has 1 N–H and O–H groups in total. The monoisotopic (exact) mass is 304 g/mol. The van der Waals surface area contributed by atoms with Gasteiger partial charge in [0, 0.05) is 17.0 Å². The zero-order valence-corrected chi connectivity index (χ0v) is 13.3. The lowest BCUT2D eigenvalue weighted by Crippen LogP contribution is -2.61. The minimum Gasteiger partial charge on any atom is -0.355 e. The molecule has 0 aromatic heterocycles. The lowest BCUT2D eigenvalue weighted by Gasteiger charge is -2.40. The Kier molecular flexibility index (Phi) is 2.19. The van der Waals surface area contributed by atoms with E-state index in [9.17, 15) is 5.11 Å². The summed E-state index contributed by atoms with van der Waals surface area (Å²) in [7, 11) is 1.96. The molecule has 6 rings (SSSR count). The second kappa shape index (κ2) is 3.76. The molecule has 0 spiro atoms. The number of nitrogens with zero attached hydrogens (tertiary/aromatic N) is 3. The fourth-order valence-electron chi connectivity index (χ4n) is 5.99. The zero-order chi connectivity index (χ0) is 14.7. The lowest BCUT2D eigenvalue weighted by molar-refractivity contribution is -0.698. The number of azo groups is 2. The van der Waals surface area contributed by atoms with E-state index < -0.39 is 6.35 Å². The molecule has 5 heteroatoms. The molecule has 0 amide bonds. The Morgan fingerprint density at radius 1 is 0.955 bits per heavy atom. The van der Waals surface area contributed by atoms with Gasteiger partial charge in [0.25, 0.3) is 6.35 Å². The quantitative estimate of drug-likeness (QED) is 0.809. The Hall–Kier alpha value is -0.520. The smallest absolute Gasteiger partial charge is 0.350 e. The number of aliphatic hydroxyl groups excluding tert-OH is 1. The van der Waals surface area contributed by atoms with E-state index in [0.717, 1.165) is 23.7 Å². The van der Waals surface area contributed by atoms with Gasteiger partial charge in [0.1, 0.15) is 5.60 Å². The van der Waals surface area contributed by atoms with Crippen LogP contribution in [0.4, 0.5) is 0 Å². The van der Waals surface area contributed by atoms with Crippen LogP contribution in [-0.4, -0.2) is 45.6 Å². The van der Waals surface area contributed by atoms with Gasteiger partial charge in [-0.15, -0.1) is 0 Å². The predicted octanol–water partition coefficient (Wildman–Crippen LogP) is 2.10. The van der Waals surface area contributed by atoms with Crippen LogP contribution >= 0.6 is 0 Å². The van der Waals surface area contributed by atoms with Gasteiger partial charge in [-0.25, -0.2) is 0 Å². The number of rotatable bonds is 4. The minimum absolute atomic E-state index is 0.0396. The van der Waals surface area contributed by atoms with Crippen LogP contribution in [0, 0.1) is 23.7 Å². The van der Waals surface area contributed by atoms with E-state index in [1.165, 1.54) is 51.4 Å². The van der Waals surface area contributed by atoms with Gasteiger partial charge < -0.3 is 5.11 Å². The fourth-order valence-corrected chi connectivity index (χ4v) is 5.99. The molecule has 2 atom stereocenters. The number of hydrogen-bond acceptors (Lipinski definition) is 4. The van der Waals surface area contributed by atoms with Crippen molar-refractivity contribution in [1.29, 1.82) is 0 Å². The van der Waals surface area contributed by atoms with Crippen molar-refractivity contribution in [2.24, 2.45) is 28.8 Å². The molecule has 2 unspecified atom stereocenters. The van der Waals surface area contributed by atoms with Gasteiger partial charge in [-0.1, -0.05) is 4.70 Å². The Morgan fingerprint density at radius 3 is 1.91 bits per heavy atom. The first-order valence-corrected chi connectivity index (χ1v) is 9.27. The number of fused-ring (bicyclic) bond motifs is 1. The SMILES string of the molecule is CN1C(O)N=[N+]2C1OC(C1CC1)(C1CC1)C2(C1CC1)C1CC1. The zero-order valence-electron chi connectivity index (χ0n) is 13.3. The predicted molar refractivity (Wildman–Crippen MR) is 77.7 cm³/mol. The summed E-state index contributed by atoms with van der Waals surface area (Å²) in [5.41, 5.74) is 0.143. The average molecular weight is 304 g/mol. The molecule has 2 aliphatic heterocycles. The molecular weight excluding hydrogens is 278 g/mol. The number of aliphatic hydroxyl groups is 1. The lowest BCUT2D eigenvalue weighted by atomic mass is 9.67. The molecule has 1 saturated heterocycles. The van der Waals surface area contributed by atoms with E-state index in [0.29, 0.717) is 0 Å². The maximum absolute atomic E-state index is 10.3. The summed E-state index contributed by atoms with van der Waals surface area (Å²) in [5.74, 6) is 2.97. The van der Waals surface area contributed by atoms with E-state index in [2.05, 4.69) is 4.70 Å². The van der Waals surface area contributed by atoms with Crippen LogP contribution in [-0.2, 0) is 4.74 Å². The average Bonchev–Trinajstić information content (AvgIpc) is 3.35. The highest BCUT2D eigenvalue weighted by atomic mass is 16.6. The van der Waals surface area contributed by atoms with Crippen LogP contribution in [0.2, 0.25) is 0 Å². The van der Waals surface area contributed by atoms with Crippen molar-refractivity contribution in [1.82, 2.24) is 4.90 Å². The molecule has 4 aliphatic carbocycles. The Morgan fingerprint density at radius 2 is 1.45 bits per heavy atom. The van der Waals surface area contributed by atoms with Crippen molar-refractivity contribution in [3.05, 3.63) is 0 Å². The molecule has 5 fully saturated rings. The molecular formula is C17H26N3O2+. The second-order valence-electron chi connectivity index (χ2n) is 8.63. The first-order valence-electron chi connectivity index (χ1n) is 9.27. The maximum Gasteiger partial charge on any atom is 0.350 e. The van der Waals surface area contributed by atoms with E-state index in [4.69, 9.17) is 9.85 Å². The summed E-state index contributed by atoms with van der Waals surface area (Å²) in [6, 6.07) is 0. The van der Waals surface area contributed by atoms with E-state index in [-0.39, 0.29) is 17.5 Å². The molecule has 0 bridgehead atoms. The highest BCUT2D eigenvalue weighted by Gasteiger charge is 2.86. The van der Waals surface area contributed by atoms with Crippen molar-refractivity contribution in [2.75, 3.05) is 7.05 Å². The number of ether oxygens (including phenoxy) is 1. The Labute approximate surface area is 131 Å². The summed E-state index contributed by atoms with van der Waals surface area (Å²) in [4.78, 5) is 1.92. The molecule has 0 radical (unpaired) electrons. The van der Waals surface area contributed by atoms with Crippen molar-refractivity contribution in [3.8, 4) is 0 Å². The van der Waals surface area contributed by atoms with Gasteiger partial charge in [0.15, 0.2) is 0 Å². The summed E-state index contributed by atoms with van der Waals surface area (Å²) in [5, 5.41) is 15.0. The van der Waals surface area contributed by atoms with Crippen LogP contribution in [0.5, 0.6) is 0 Å². The van der Waals surface area contributed by atoms with Crippen molar-refractivity contribution in [3.63, 3.8) is 0 Å². The van der Waals surface area contributed by atoms with Crippen LogP contribution in [0.25, 0.3) is 0 Å². The van der Waals surface area contributed by atoms with Crippen molar-refractivity contribution in [2.45, 2.75) is 75.2 Å². The van der Waals surface area contributed by atoms with E-state index in [1.807, 2.05) is 11.9 Å². The first kappa shape index (κ1) is 12.8.